The third-order valence-electron chi connectivity index (χ3n) is 4.35. The van der Waals surface area contributed by atoms with E-state index in [0.29, 0.717) is 30.6 Å². The average Bonchev–Trinajstić information content (AvgIpc) is 2.90. The Labute approximate surface area is 117 Å². The molecule has 1 fully saturated rings. The monoisotopic (exact) mass is 276 g/mol. The molecule has 1 amide bonds. The number of allylic oxidation sites excluding steroid dienone is 2. The first kappa shape index (κ1) is 13.1. The van der Waals surface area contributed by atoms with E-state index in [1.165, 1.54) is 6.42 Å². The minimum atomic E-state index is -0.283. The van der Waals surface area contributed by atoms with Crippen molar-refractivity contribution in [1.29, 1.82) is 0 Å². The molecule has 3 N–H and O–H groups in total. The van der Waals surface area contributed by atoms with Gasteiger partial charge in [-0.1, -0.05) is 12.2 Å². The number of hydrogen-bond donors (Lipinski definition) is 3. The molecule has 0 radical (unpaired) electrons. The SMILES string of the molecule is O=C(NCCCc1n[nH]c(=O)[nH]1)[C@@H]1C[C@@H]2C=C[C@H]1CC2. The van der Waals surface area contributed by atoms with Gasteiger partial charge < -0.3 is 5.32 Å². The fourth-order valence-electron chi connectivity index (χ4n) is 3.26. The summed E-state index contributed by atoms with van der Waals surface area (Å²) in [6.45, 7) is 0.630. The van der Waals surface area contributed by atoms with Gasteiger partial charge in [-0.05, 0) is 37.5 Å². The molecule has 0 saturated heterocycles. The van der Waals surface area contributed by atoms with Crippen LogP contribution >= 0.6 is 0 Å². The lowest BCUT2D eigenvalue weighted by molar-refractivity contribution is -0.127. The maximum atomic E-state index is 12.2. The zero-order valence-electron chi connectivity index (χ0n) is 11.4. The standard InChI is InChI=1S/C14H20N4O2/c19-13(11-8-9-3-5-10(11)6-4-9)15-7-1-2-12-16-14(20)18-17-12/h3,5,9-11H,1-2,4,6-8H2,(H,15,19)(H2,16,17,18,20)/t9-,10+,11-/m1/s1. The summed E-state index contributed by atoms with van der Waals surface area (Å²) in [5.74, 6) is 2.01. The number of carbonyl (C=O) groups is 1. The second-order valence-corrected chi connectivity index (χ2v) is 5.75. The van der Waals surface area contributed by atoms with E-state index in [0.717, 1.165) is 19.3 Å². The van der Waals surface area contributed by atoms with E-state index in [1.807, 2.05) is 0 Å². The summed E-state index contributed by atoms with van der Waals surface area (Å²) in [4.78, 5) is 25.6. The van der Waals surface area contributed by atoms with Crippen LogP contribution in [-0.4, -0.2) is 27.6 Å². The molecule has 4 rings (SSSR count). The zero-order chi connectivity index (χ0) is 13.9. The van der Waals surface area contributed by atoms with Crippen LogP contribution in [0.15, 0.2) is 16.9 Å². The van der Waals surface area contributed by atoms with Crippen LogP contribution in [0.5, 0.6) is 0 Å². The lowest BCUT2D eigenvalue weighted by Gasteiger charge is -2.37. The van der Waals surface area contributed by atoms with Gasteiger partial charge in [0.25, 0.3) is 0 Å². The van der Waals surface area contributed by atoms with Crippen molar-refractivity contribution in [3.8, 4) is 0 Å². The number of aromatic nitrogens is 3. The summed E-state index contributed by atoms with van der Waals surface area (Å²) in [7, 11) is 0. The van der Waals surface area contributed by atoms with E-state index in [9.17, 15) is 9.59 Å². The predicted molar refractivity (Wildman–Crippen MR) is 74.0 cm³/mol. The largest absolute Gasteiger partial charge is 0.356 e. The van der Waals surface area contributed by atoms with Crippen LogP contribution in [0.25, 0.3) is 0 Å². The quantitative estimate of drug-likeness (QED) is 0.547. The number of rotatable bonds is 5. The van der Waals surface area contributed by atoms with Crippen LogP contribution in [0.4, 0.5) is 0 Å². The smallest absolute Gasteiger partial charge is 0.340 e. The predicted octanol–water partition coefficient (Wildman–Crippen LogP) is 0.749. The maximum Gasteiger partial charge on any atom is 0.340 e. The van der Waals surface area contributed by atoms with Crippen LogP contribution in [-0.2, 0) is 11.2 Å². The summed E-state index contributed by atoms with van der Waals surface area (Å²) in [6, 6.07) is 0. The molecule has 0 aromatic carbocycles. The molecule has 3 atom stereocenters. The van der Waals surface area contributed by atoms with Crippen molar-refractivity contribution in [1.82, 2.24) is 20.5 Å². The van der Waals surface area contributed by atoms with Crippen molar-refractivity contribution in [3.63, 3.8) is 0 Å². The Kier molecular flexibility index (Phi) is 3.71. The molecule has 1 aromatic rings. The normalized spacial score (nSPS) is 27.7. The maximum absolute atomic E-state index is 12.2. The highest BCUT2D eigenvalue weighted by Gasteiger charge is 2.35. The van der Waals surface area contributed by atoms with Gasteiger partial charge in [0.05, 0.1) is 0 Å². The van der Waals surface area contributed by atoms with Gasteiger partial charge in [0.1, 0.15) is 5.82 Å². The van der Waals surface area contributed by atoms with E-state index >= 15 is 0 Å². The zero-order valence-corrected chi connectivity index (χ0v) is 11.4. The Morgan fingerprint density at radius 1 is 1.40 bits per heavy atom. The van der Waals surface area contributed by atoms with Gasteiger partial charge in [-0.3, -0.25) is 9.78 Å². The van der Waals surface area contributed by atoms with Crippen LogP contribution < -0.4 is 11.0 Å². The van der Waals surface area contributed by atoms with E-state index < -0.39 is 0 Å². The summed E-state index contributed by atoms with van der Waals surface area (Å²) >= 11 is 0. The van der Waals surface area contributed by atoms with E-state index in [1.54, 1.807) is 0 Å². The van der Waals surface area contributed by atoms with Crippen molar-refractivity contribution in [2.45, 2.75) is 32.1 Å². The molecule has 1 heterocycles. The number of fused-ring (bicyclic) bond motifs is 2. The van der Waals surface area contributed by atoms with E-state index in [2.05, 4.69) is 32.7 Å². The molecule has 1 saturated carbocycles. The van der Waals surface area contributed by atoms with Crippen molar-refractivity contribution in [2.24, 2.45) is 17.8 Å². The summed E-state index contributed by atoms with van der Waals surface area (Å²) in [5.41, 5.74) is -0.283. The highest BCUT2D eigenvalue weighted by atomic mass is 16.2. The van der Waals surface area contributed by atoms with Gasteiger partial charge in [-0.25, -0.2) is 9.89 Å². The number of amides is 1. The van der Waals surface area contributed by atoms with Crippen LogP contribution in [0.1, 0.15) is 31.5 Å². The minimum absolute atomic E-state index is 0.156. The van der Waals surface area contributed by atoms with Gasteiger partial charge in [0, 0.05) is 18.9 Å². The van der Waals surface area contributed by atoms with E-state index in [-0.39, 0.29) is 17.5 Å². The van der Waals surface area contributed by atoms with Crippen molar-refractivity contribution in [3.05, 3.63) is 28.5 Å². The molecule has 1 aromatic heterocycles. The summed E-state index contributed by atoms with van der Waals surface area (Å²) in [6.07, 6.45) is 9.31. The third-order valence-corrected chi connectivity index (χ3v) is 4.35. The van der Waals surface area contributed by atoms with Crippen LogP contribution in [0, 0.1) is 17.8 Å². The number of aromatic amines is 2. The van der Waals surface area contributed by atoms with Gasteiger partial charge in [-0.15, -0.1) is 0 Å². The van der Waals surface area contributed by atoms with Gasteiger partial charge in [-0.2, -0.15) is 5.10 Å². The third kappa shape index (κ3) is 2.84. The Morgan fingerprint density at radius 3 is 2.90 bits per heavy atom. The fourth-order valence-corrected chi connectivity index (χ4v) is 3.26. The first-order chi connectivity index (χ1) is 9.72. The molecule has 0 aliphatic heterocycles. The second kappa shape index (κ2) is 5.64. The van der Waals surface area contributed by atoms with Gasteiger partial charge in [0.2, 0.25) is 5.91 Å². The van der Waals surface area contributed by atoms with Crippen LogP contribution in [0.3, 0.4) is 0 Å². The second-order valence-electron chi connectivity index (χ2n) is 5.75. The van der Waals surface area contributed by atoms with E-state index in [4.69, 9.17) is 0 Å². The Morgan fingerprint density at radius 2 is 2.30 bits per heavy atom. The molecule has 3 aliphatic carbocycles. The minimum Gasteiger partial charge on any atom is -0.356 e. The van der Waals surface area contributed by atoms with Gasteiger partial charge in [0.15, 0.2) is 0 Å². The average molecular weight is 276 g/mol. The molecule has 3 aliphatic rings. The molecule has 20 heavy (non-hydrogen) atoms. The Hall–Kier alpha value is -1.85. The fraction of sp³-hybridized carbons (Fsp3) is 0.643. The lowest BCUT2D eigenvalue weighted by atomic mass is 9.69. The number of aryl methyl sites for hydroxylation is 1. The molecular weight excluding hydrogens is 256 g/mol. The molecule has 2 bridgehead atoms. The number of H-pyrrole nitrogens is 2. The molecule has 0 spiro atoms. The number of nitrogens with zero attached hydrogens (tertiary/aromatic N) is 1. The Balaban J connectivity index is 1.41. The number of nitrogens with one attached hydrogen (secondary N) is 3. The highest BCUT2D eigenvalue weighted by Crippen LogP contribution is 2.40. The van der Waals surface area contributed by atoms with Gasteiger partial charge >= 0.3 is 5.69 Å². The van der Waals surface area contributed by atoms with Crippen molar-refractivity contribution >= 4 is 5.91 Å². The first-order valence-electron chi connectivity index (χ1n) is 7.32. The molecule has 108 valence electrons. The summed E-state index contributed by atoms with van der Waals surface area (Å²) in [5, 5.41) is 9.18. The first-order valence-corrected chi connectivity index (χ1v) is 7.32. The lowest BCUT2D eigenvalue weighted by Crippen LogP contribution is -2.40. The molecule has 6 nitrogen and oxygen atoms in total. The topological polar surface area (TPSA) is 90.6 Å². The van der Waals surface area contributed by atoms with Crippen molar-refractivity contribution in [2.75, 3.05) is 6.54 Å². The van der Waals surface area contributed by atoms with Crippen molar-refractivity contribution < 1.29 is 4.79 Å². The molecule has 6 heteroatoms. The van der Waals surface area contributed by atoms with Crippen LogP contribution in [0.2, 0.25) is 0 Å². The summed E-state index contributed by atoms with van der Waals surface area (Å²) < 4.78 is 0. The molecule has 0 unspecified atom stereocenters. The highest BCUT2D eigenvalue weighted by molar-refractivity contribution is 5.79. The Bertz CT molecular complexity index is 560. The molecular formula is C14H20N4O2. The number of carbonyl (C=O) groups excluding carboxylic acids is 1. The number of hydrogen-bond acceptors (Lipinski definition) is 3.